The van der Waals surface area contributed by atoms with Gasteiger partial charge >= 0.3 is 0 Å². The summed E-state index contributed by atoms with van der Waals surface area (Å²) >= 11 is 0. The summed E-state index contributed by atoms with van der Waals surface area (Å²) in [6.45, 7) is 13.6. The number of nitrogens with zero attached hydrogens (tertiary/aromatic N) is 2. The molecule has 0 N–H and O–H groups in total. The van der Waals surface area contributed by atoms with E-state index in [0.29, 0.717) is 11.8 Å². The highest BCUT2D eigenvalue weighted by Gasteiger charge is 2.38. The molecule has 1 aliphatic rings. The highest BCUT2D eigenvalue weighted by Crippen LogP contribution is 2.40. The molecule has 0 amide bonds. The smallest absolute Gasteiger partial charge is 0.0313 e. The highest BCUT2D eigenvalue weighted by atomic mass is 15.2. The Morgan fingerprint density at radius 3 is 1.21 bits per heavy atom. The van der Waals surface area contributed by atoms with Crippen molar-refractivity contribution in [3.05, 3.63) is 0 Å². The molecule has 0 radical (unpaired) electrons. The van der Waals surface area contributed by atoms with Crippen LogP contribution >= 0.6 is 0 Å². The lowest BCUT2D eigenvalue weighted by molar-refractivity contribution is 0.177. The Kier molecular flexibility index (Phi) is 2.84. The standard InChI is InChI=1S/C12H22N2/c1-11(2,3)9-7-13-14-8-10(9)12(4,5)6/h7-10H,1-6H3. The first-order chi connectivity index (χ1) is 6.23. The lowest BCUT2D eigenvalue weighted by atomic mass is 9.65. The molecule has 2 atom stereocenters. The molecule has 0 aliphatic carbocycles. The van der Waals surface area contributed by atoms with E-state index >= 15 is 0 Å². The Morgan fingerprint density at radius 2 is 1.00 bits per heavy atom. The third kappa shape index (κ3) is 2.43. The molecule has 0 fully saturated rings. The molecule has 0 saturated heterocycles. The summed E-state index contributed by atoms with van der Waals surface area (Å²) in [6, 6.07) is 0. The fraction of sp³-hybridized carbons (Fsp3) is 0.833. The molecule has 1 rings (SSSR count). The lowest BCUT2D eigenvalue weighted by Crippen LogP contribution is -2.39. The molecule has 0 saturated carbocycles. The molecule has 2 nitrogen and oxygen atoms in total. The third-order valence-electron chi connectivity index (χ3n) is 2.91. The second kappa shape index (κ2) is 3.48. The maximum absolute atomic E-state index is 4.03. The van der Waals surface area contributed by atoms with Crippen LogP contribution in [0.4, 0.5) is 0 Å². The predicted molar refractivity (Wildman–Crippen MR) is 62.9 cm³/mol. The van der Waals surface area contributed by atoms with E-state index in [4.69, 9.17) is 0 Å². The van der Waals surface area contributed by atoms with Crippen LogP contribution in [0.25, 0.3) is 0 Å². The highest BCUT2D eigenvalue weighted by molar-refractivity contribution is 5.75. The van der Waals surface area contributed by atoms with Crippen LogP contribution < -0.4 is 0 Å². The van der Waals surface area contributed by atoms with Gasteiger partial charge in [0.2, 0.25) is 0 Å². The van der Waals surface area contributed by atoms with Crippen LogP contribution in [0.3, 0.4) is 0 Å². The van der Waals surface area contributed by atoms with E-state index in [0.717, 1.165) is 0 Å². The van der Waals surface area contributed by atoms with Crippen molar-refractivity contribution >= 4 is 12.4 Å². The molecule has 1 aliphatic heterocycles. The maximum Gasteiger partial charge on any atom is 0.0313 e. The van der Waals surface area contributed by atoms with Crippen LogP contribution in [0.5, 0.6) is 0 Å². The minimum atomic E-state index is 0.258. The summed E-state index contributed by atoms with van der Waals surface area (Å²) in [7, 11) is 0. The van der Waals surface area contributed by atoms with Gasteiger partial charge in [-0.25, -0.2) is 0 Å². The van der Waals surface area contributed by atoms with Crippen LogP contribution in [0.2, 0.25) is 0 Å². The second-order valence-electron chi connectivity index (χ2n) is 6.31. The van der Waals surface area contributed by atoms with Gasteiger partial charge in [-0.2, -0.15) is 10.2 Å². The topological polar surface area (TPSA) is 24.7 Å². The zero-order valence-corrected chi connectivity index (χ0v) is 10.2. The monoisotopic (exact) mass is 194 g/mol. The Morgan fingerprint density at radius 1 is 0.714 bits per heavy atom. The van der Waals surface area contributed by atoms with Crippen molar-refractivity contribution in [1.29, 1.82) is 0 Å². The Labute approximate surface area is 87.5 Å². The Balaban J connectivity index is 2.94. The zero-order chi connectivity index (χ0) is 11.0. The SMILES string of the molecule is CC(C)(C)C1C=NN=CC1C(C)(C)C. The fourth-order valence-electron chi connectivity index (χ4n) is 1.93. The second-order valence-corrected chi connectivity index (χ2v) is 6.31. The van der Waals surface area contributed by atoms with Crippen LogP contribution in [-0.2, 0) is 0 Å². The van der Waals surface area contributed by atoms with Gasteiger partial charge in [0, 0.05) is 24.3 Å². The summed E-state index contributed by atoms with van der Waals surface area (Å²) in [5, 5.41) is 8.07. The maximum atomic E-state index is 4.03. The molecule has 80 valence electrons. The van der Waals surface area contributed by atoms with Crippen molar-refractivity contribution in [2.24, 2.45) is 32.9 Å². The van der Waals surface area contributed by atoms with E-state index < -0.39 is 0 Å². The molecule has 0 spiro atoms. The van der Waals surface area contributed by atoms with Crippen molar-refractivity contribution in [3.63, 3.8) is 0 Å². The van der Waals surface area contributed by atoms with E-state index in [1.54, 1.807) is 0 Å². The molecule has 0 bridgehead atoms. The quantitative estimate of drug-likeness (QED) is 0.565. The first-order valence-corrected chi connectivity index (χ1v) is 5.29. The Hall–Kier alpha value is -0.660. The van der Waals surface area contributed by atoms with Gasteiger partial charge in [0.25, 0.3) is 0 Å². The zero-order valence-electron chi connectivity index (χ0n) is 10.2. The summed E-state index contributed by atoms with van der Waals surface area (Å²) < 4.78 is 0. The lowest BCUT2D eigenvalue weighted by Gasteiger charge is -2.40. The number of hydrogen-bond donors (Lipinski definition) is 0. The van der Waals surface area contributed by atoms with Crippen LogP contribution in [0.1, 0.15) is 41.5 Å². The first kappa shape index (κ1) is 11.4. The van der Waals surface area contributed by atoms with Crippen LogP contribution in [0, 0.1) is 22.7 Å². The summed E-state index contributed by atoms with van der Waals surface area (Å²) in [5.74, 6) is 0.972. The van der Waals surface area contributed by atoms with E-state index in [1.165, 1.54) is 0 Å². The van der Waals surface area contributed by atoms with Crippen LogP contribution in [-0.4, -0.2) is 12.4 Å². The molecule has 2 heteroatoms. The van der Waals surface area contributed by atoms with Gasteiger partial charge in [-0.15, -0.1) is 0 Å². The average molecular weight is 194 g/mol. The summed E-state index contributed by atoms with van der Waals surface area (Å²) in [5.41, 5.74) is 0.516. The van der Waals surface area contributed by atoms with Crippen molar-refractivity contribution in [2.45, 2.75) is 41.5 Å². The molecule has 1 heterocycles. The number of hydrogen-bond acceptors (Lipinski definition) is 2. The largest absolute Gasteiger partial charge is 0.164 e. The first-order valence-electron chi connectivity index (χ1n) is 5.29. The minimum Gasteiger partial charge on any atom is -0.164 e. The summed E-state index contributed by atoms with van der Waals surface area (Å²) in [4.78, 5) is 0. The molecule has 0 aromatic rings. The molecule has 14 heavy (non-hydrogen) atoms. The van der Waals surface area contributed by atoms with Gasteiger partial charge in [0.1, 0.15) is 0 Å². The van der Waals surface area contributed by atoms with Crippen LogP contribution in [0.15, 0.2) is 10.2 Å². The van der Waals surface area contributed by atoms with E-state index in [9.17, 15) is 0 Å². The normalized spacial score (nSPS) is 28.1. The number of rotatable bonds is 0. The van der Waals surface area contributed by atoms with Gasteiger partial charge in [-0.05, 0) is 10.8 Å². The van der Waals surface area contributed by atoms with E-state index in [2.05, 4.69) is 51.7 Å². The van der Waals surface area contributed by atoms with Gasteiger partial charge in [0.15, 0.2) is 0 Å². The summed E-state index contributed by atoms with van der Waals surface area (Å²) in [6.07, 6.45) is 4.02. The average Bonchev–Trinajstić information content (AvgIpc) is 2.01. The molecule has 0 aromatic heterocycles. The van der Waals surface area contributed by atoms with Crippen molar-refractivity contribution in [3.8, 4) is 0 Å². The van der Waals surface area contributed by atoms with Crippen molar-refractivity contribution in [2.75, 3.05) is 0 Å². The van der Waals surface area contributed by atoms with Gasteiger partial charge < -0.3 is 0 Å². The van der Waals surface area contributed by atoms with E-state index in [-0.39, 0.29) is 10.8 Å². The molecule has 0 aromatic carbocycles. The fourth-order valence-corrected chi connectivity index (χ4v) is 1.93. The van der Waals surface area contributed by atoms with Crippen molar-refractivity contribution in [1.82, 2.24) is 0 Å². The molecule has 2 unspecified atom stereocenters. The predicted octanol–water partition coefficient (Wildman–Crippen LogP) is 3.38. The molecular formula is C12H22N2. The molecular weight excluding hydrogens is 172 g/mol. The third-order valence-corrected chi connectivity index (χ3v) is 2.91. The van der Waals surface area contributed by atoms with Gasteiger partial charge in [-0.3, -0.25) is 0 Å². The van der Waals surface area contributed by atoms with Crippen molar-refractivity contribution < 1.29 is 0 Å². The van der Waals surface area contributed by atoms with Gasteiger partial charge in [0.05, 0.1) is 0 Å². The van der Waals surface area contributed by atoms with Gasteiger partial charge in [-0.1, -0.05) is 41.5 Å². The van der Waals surface area contributed by atoms with E-state index in [1.807, 2.05) is 12.4 Å². The Bertz CT molecular complexity index is 222. The minimum absolute atomic E-state index is 0.258.